The Bertz CT molecular complexity index is 825. The highest BCUT2D eigenvalue weighted by Crippen LogP contribution is 2.39. The van der Waals surface area contributed by atoms with Crippen LogP contribution in [0.1, 0.15) is 21.5 Å². The number of hydrogen-bond donors (Lipinski definition) is 1. The van der Waals surface area contributed by atoms with Crippen LogP contribution in [0.3, 0.4) is 0 Å². The number of fused-ring (bicyclic) bond motifs is 1. The van der Waals surface area contributed by atoms with Gasteiger partial charge in [0.2, 0.25) is 6.79 Å². The number of ether oxygens (including phenoxy) is 3. The fraction of sp³-hybridized carbons (Fsp3) is 0.278. The molecule has 9 heteroatoms. The summed E-state index contributed by atoms with van der Waals surface area (Å²) < 4.78 is 51.2. The van der Waals surface area contributed by atoms with Crippen LogP contribution in [-0.4, -0.2) is 25.5 Å². The predicted octanol–water partition coefficient (Wildman–Crippen LogP) is 4.08. The molecular formula is C18H15ClF3NO4. The topological polar surface area (TPSA) is 56.8 Å². The minimum Gasteiger partial charge on any atom is -0.454 e. The highest BCUT2D eigenvalue weighted by Gasteiger charge is 2.27. The van der Waals surface area contributed by atoms with E-state index in [9.17, 15) is 18.0 Å². The molecule has 1 aliphatic rings. The number of amides is 1. The van der Waals surface area contributed by atoms with Crippen molar-refractivity contribution in [3.63, 3.8) is 0 Å². The van der Waals surface area contributed by atoms with Crippen LogP contribution >= 0.6 is 11.6 Å². The number of carbonyl (C=O) groups is 1. The molecule has 27 heavy (non-hydrogen) atoms. The summed E-state index contributed by atoms with van der Waals surface area (Å²) in [6, 6.07) is 9.75. The van der Waals surface area contributed by atoms with Gasteiger partial charge in [-0.3, -0.25) is 4.79 Å². The Morgan fingerprint density at radius 1 is 1.15 bits per heavy atom. The summed E-state index contributed by atoms with van der Waals surface area (Å²) in [6.45, 7) is -1.13. The van der Waals surface area contributed by atoms with Crippen molar-refractivity contribution in [2.45, 2.75) is 19.3 Å². The minimum absolute atomic E-state index is 0.0547. The van der Waals surface area contributed by atoms with Crippen molar-refractivity contribution in [2.75, 3.05) is 13.4 Å². The quantitative estimate of drug-likeness (QED) is 0.792. The Hall–Kier alpha value is -2.45. The Labute approximate surface area is 158 Å². The maximum absolute atomic E-state index is 12.3. The van der Waals surface area contributed by atoms with E-state index in [1.54, 1.807) is 30.3 Å². The van der Waals surface area contributed by atoms with Crippen LogP contribution in [0.4, 0.5) is 13.2 Å². The van der Waals surface area contributed by atoms with Crippen LogP contribution in [0.5, 0.6) is 11.5 Å². The summed E-state index contributed by atoms with van der Waals surface area (Å²) in [5, 5.41) is 3.03. The first kappa shape index (κ1) is 19.3. The zero-order chi connectivity index (χ0) is 19.4. The summed E-state index contributed by atoms with van der Waals surface area (Å²) in [6.07, 6.45) is -4.35. The van der Waals surface area contributed by atoms with Gasteiger partial charge in [-0.05, 0) is 23.3 Å². The molecule has 0 saturated heterocycles. The Kier molecular flexibility index (Phi) is 5.76. The minimum atomic E-state index is -4.35. The number of nitrogens with one attached hydrogen (secondary N) is 1. The first-order chi connectivity index (χ1) is 12.8. The smallest absolute Gasteiger partial charge is 0.411 e. The van der Waals surface area contributed by atoms with Gasteiger partial charge in [0.25, 0.3) is 5.91 Å². The van der Waals surface area contributed by atoms with Crippen molar-refractivity contribution in [2.24, 2.45) is 0 Å². The number of rotatable bonds is 6. The summed E-state index contributed by atoms with van der Waals surface area (Å²) in [5.41, 5.74) is 1.73. The normalized spacial score (nSPS) is 12.9. The van der Waals surface area contributed by atoms with Gasteiger partial charge < -0.3 is 19.5 Å². The maximum atomic E-state index is 12.3. The van der Waals surface area contributed by atoms with Gasteiger partial charge in [-0.1, -0.05) is 35.9 Å². The first-order valence-corrected chi connectivity index (χ1v) is 8.29. The lowest BCUT2D eigenvalue weighted by Crippen LogP contribution is -2.22. The lowest BCUT2D eigenvalue weighted by Gasteiger charge is -2.09. The Balaban J connectivity index is 1.53. The van der Waals surface area contributed by atoms with Crippen LogP contribution in [0.25, 0.3) is 0 Å². The number of benzene rings is 2. The van der Waals surface area contributed by atoms with E-state index in [1.807, 2.05) is 0 Å². The van der Waals surface area contributed by atoms with Crippen molar-refractivity contribution in [1.82, 2.24) is 5.32 Å². The maximum Gasteiger partial charge on any atom is 0.411 e. The van der Waals surface area contributed by atoms with Crippen molar-refractivity contribution in [3.8, 4) is 11.5 Å². The fourth-order valence-corrected chi connectivity index (χ4v) is 2.69. The molecule has 0 spiro atoms. The molecule has 0 unspecified atom stereocenters. The van der Waals surface area contributed by atoms with E-state index in [0.29, 0.717) is 27.6 Å². The largest absolute Gasteiger partial charge is 0.454 e. The van der Waals surface area contributed by atoms with Gasteiger partial charge in [0, 0.05) is 12.1 Å². The van der Waals surface area contributed by atoms with Gasteiger partial charge in [0.05, 0.1) is 11.6 Å². The predicted molar refractivity (Wildman–Crippen MR) is 90.9 cm³/mol. The molecule has 0 radical (unpaired) electrons. The van der Waals surface area contributed by atoms with Crippen LogP contribution in [0.2, 0.25) is 5.02 Å². The molecule has 2 aromatic rings. The molecule has 0 fully saturated rings. The van der Waals surface area contributed by atoms with Crippen LogP contribution < -0.4 is 14.8 Å². The zero-order valence-corrected chi connectivity index (χ0v) is 14.7. The Morgan fingerprint density at radius 3 is 2.56 bits per heavy atom. The molecule has 1 heterocycles. The molecule has 5 nitrogen and oxygen atoms in total. The lowest BCUT2D eigenvalue weighted by molar-refractivity contribution is -0.176. The van der Waals surface area contributed by atoms with Gasteiger partial charge in [0.15, 0.2) is 11.5 Å². The molecule has 144 valence electrons. The zero-order valence-electron chi connectivity index (χ0n) is 13.9. The average molecular weight is 402 g/mol. The van der Waals surface area contributed by atoms with Crippen molar-refractivity contribution in [1.29, 1.82) is 0 Å². The molecule has 0 bridgehead atoms. The molecule has 0 saturated carbocycles. The second kappa shape index (κ2) is 8.06. The summed E-state index contributed by atoms with van der Waals surface area (Å²) in [7, 11) is 0. The first-order valence-electron chi connectivity index (χ1n) is 7.91. The van der Waals surface area contributed by atoms with Crippen LogP contribution in [0, 0.1) is 0 Å². The van der Waals surface area contributed by atoms with Gasteiger partial charge in [-0.2, -0.15) is 13.2 Å². The Morgan fingerprint density at radius 2 is 1.85 bits per heavy atom. The summed E-state index contributed by atoms with van der Waals surface area (Å²) in [4.78, 5) is 12.3. The van der Waals surface area contributed by atoms with E-state index < -0.39 is 12.8 Å². The van der Waals surface area contributed by atoms with Gasteiger partial charge in [0.1, 0.15) is 6.61 Å². The highest BCUT2D eigenvalue weighted by atomic mass is 35.5. The second-order valence-electron chi connectivity index (χ2n) is 5.80. The molecular weight excluding hydrogens is 387 g/mol. The number of carbonyl (C=O) groups excluding carboxylic acids is 1. The molecule has 3 rings (SSSR count). The molecule has 2 aromatic carbocycles. The fourth-order valence-electron chi connectivity index (χ4n) is 2.42. The van der Waals surface area contributed by atoms with Crippen molar-refractivity contribution in [3.05, 3.63) is 58.1 Å². The molecule has 1 aliphatic heterocycles. The third-order valence-electron chi connectivity index (χ3n) is 3.70. The molecule has 0 atom stereocenters. The van der Waals surface area contributed by atoms with Gasteiger partial charge in [-0.15, -0.1) is 0 Å². The van der Waals surface area contributed by atoms with E-state index in [0.717, 1.165) is 5.56 Å². The van der Waals surface area contributed by atoms with E-state index in [4.69, 9.17) is 21.1 Å². The van der Waals surface area contributed by atoms with Gasteiger partial charge in [-0.25, -0.2) is 0 Å². The van der Waals surface area contributed by atoms with Crippen molar-refractivity contribution >= 4 is 17.5 Å². The van der Waals surface area contributed by atoms with Crippen LogP contribution in [-0.2, 0) is 17.9 Å². The second-order valence-corrected chi connectivity index (χ2v) is 6.21. The molecule has 1 N–H and O–H groups in total. The van der Waals surface area contributed by atoms with E-state index in [2.05, 4.69) is 10.1 Å². The lowest BCUT2D eigenvalue weighted by atomic mass is 10.1. The standard InChI is InChI=1S/C18H15ClF3NO4/c19-14-5-13(6-15-16(14)27-10-26-15)17(24)23-7-11-1-3-12(4-2-11)8-25-9-18(20,21)22/h1-6H,7-10H2,(H,23,24). The third-order valence-corrected chi connectivity index (χ3v) is 3.98. The third kappa shape index (κ3) is 5.27. The summed E-state index contributed by atoms with van der Waals surface area (Å²) >= 11 is 6.06. The number of alkyl halides is 3. The van der Waals surface area contributed by atoms with Crippen molar-refractivity contribution < 1.29 is 32.2 Å². The van der Waals surface area contributed by atoms with E-state index >= 15 is 0 Å². The molecule has 1 amide bonds. The molecule has 0 aromatic heterocycles. The monoisotopic (exact) mass is 401 g/mol. The van der Waals surface area contributed by atoms with Crippen LogP contribution in [0.15, 0.2) is 36.4 Å². The number of hydrogen-bond acceptors (Lipinski definition) is 4. The number of halogens is 4. The summed E-state index contributed by atoms with van der Waals surface area (Å²) in [5.74, 6) is 0.486. The molecule has 0 aliphatic carbocycles. The van der Waals surface area contributed by atoms with Gasteiger partial charge >= 0.3 is 6.18 Å². The average Bonchev–Trinajstić information content (AvgIpc) is 3.09. The highest BCUT2D eigenvalue weighted by molar-refractivity contribution is 6.32. The van der Waals surface area contributed by atoms with E-state index in [-0.39, 0.29) is 25.9 Å². The SMILES string of the molecule is O=C(NCc1ccc(COCC(F)(F)F)cc1)c1cc(Cl)c2c(c1)OCO2. The van der Waals surface area contributed by atoms with E-state index in [1.165, 1.54) is 6.07 Å².